The number of hydrogen-bond acceptors (Lipinski definition) is 5. The molecule has 1 aromatic heterocycles. The van der Waals surface area contributed by atoms with Crippen LogP contribution in [0.3, 0.4) is 0 Å². The van der Waals surface area contributed by atoms with Crippen molar-refractivity contribution in [3.8, 4) is 0 Å². The van der Waals surface area contributed by atoms with E-state index in [1.54, 1.807) is 6.07 Å². The van der Waals surface area contributed by atoms with Gasteiger partial charge in [0.15, 0.2) is 17.5 Å². The monoisotopic (exact) mass is 515 g/mol. The first-order valence-electron chi connectivity index (χ1n) is 8.68. The molecule has 1 aliphatic rings. The Hall–Kier alpha value is -2.47. The lowest BCUT2D eigenvalue weighted by Crippen LogP contribution is -2.28. The van der Waals surface area contributed by atoms with E-state index in [2.05, 4.69) is 25.9 Å². The average molecular weight is 515 g/mol. The minimum absolute atomic E-state index is 0.00829. The average Bonchev–Trinajstić information content (AvgIpc) is 2.71. The Morgan fingerprint density at radius 3 is 2.76 bits per heavy atom. The summed E-state index contributed by atoms with van der Waals surface area (Å²) in [5.74, 6) is -4.29. The number of pyridine rings is 1. The van der Waals surface area contributed by atoms with Crippen LogP contribution < -0.4 is 16.0 Å². The largest absolute Gasteiger partial charge is 0.384 e. The number of carbonyl (C=O) groups is 1. The quantitative estimate of drug-likeness (QED) is 0.314. The van der Waals surface area contributed by atoms with Crippen LogP contribution in [0.25, 0.3) is 0 Å². The van der Waals surface area contributed by atoms with Gasteiger partial charge in [-0.2, -0.15) is 0 Å². The van der Waals surface area contributed by atoms with Crippen molar-refractivity contribution in [3.05, 3.63) is 76.3 Å². The highest BCUT2D eigenvalue weighted by molar-refractivity contribution is 14.1. The number of nitrogens with one attached hydrogen (secondary N) is 3. The van der Waals surface area contributed by atoms with Crippen LogP contribution >= 0.6 is 22.6 Å². The molecule has 10 heteroatoms. The lowest BCUT2D eigenvalue weighted by molar-refractivity contribution is 0.0960. The molecule has 1 amide bonds. The van der Waals surface area contributed by atoms with Gasteiger partial charge in [-0.1, -0.05) is 6.07 Å². The van der Waals surface area contributed by atoms with Gasteiger partial charge in [-0.3, -0.25) is 4.79 Å². The van der Waals surface area contributed by atoms with Crippen molar-refractivity contribution < 1.29 is 18.0 Å². The summed E-state index contributed by atoms with van der Waals surface area (Å²) in [6, 6.07) is 5.30. The predicted molar refractivity (Wildman–Crippen MR) is 111 cm³/mol. The fraction of sp³-hybridized carbons (Fsp3) is 0.211. The van der Waals surface area contributed by atoms with Gasteiger partial charge in [0.05, 0.1) is 4.22 Å². The molecule has 3 rings (SSSR count). The van der Waals surface area contributed by atoms with Gasteiger partial charge in [-0.05, 0) is 51.9 Å². The molecule has 0 saturated carbocycles. The fourth-order valence-corrected chi connectivity index (χ4v) is 3.08. The Bertz CT molecular complexity index is 957. The summed E-state index contributed by atoms with van der Waals surface area (Å²) in [6.07, 6.45) is 2.13. The third-order valence-electron chi connectivity index (χ3n) is 4.17. The van der Waals surface area contributed by atoms with Crippen LogP contribution in [0.1, 0.15) is 27.3 Å². The lowest BCUT2D eigenvalue weighted by Gasteiger charge is -2.16. The molecule has 0 aliphatic carbocycles. The Morgan fingerprint density at radius 2 is 2.03 bits per heavy atom. The van der Waals surface area contributed by atoms with Crippen LogP contribution in [0, 0.1) is 17.5 Å². The maximum Gasteiger partial charge on any atom is 0.275 e. The summed E-state index contributed by atoms with van der Waals surface area (Å²) < 4.78 is 41.0. The molecule has 1 aliphatic heterocycles. The van der Waals surface area contributed by atoms with E-state index < -0.39 is 23.4 Å². The van der Waals surface area contributed by atoms with Gasteiger partial charge in [0.1, 0.15) is 11.5 Å². The number of nitrogens with zero attached hydrogens (tertiary/aromatic N) is 2. The van der Waals surface area contributed by atoms with E-state index in [0.717, 1.165) is 42.9 Å². The van der Waals surface area contributed by atoms with Gasteiger partial charge in [-0.15, -0.1) is 0 Å². The van der Waals surface area contributed by atoms with E-state index in [0.29, 0.717) is 0 Å². The Balaban J connectivity index is 1.67. The van der Waals surface area contributed by atoms with Crippen molar-refractivity contribution in [2.24, 2.45) is 4.99 Å². The minimum atomic E-state index is -1.51. The Labute approximate surface area is 178 Å². The smallest absolute Gasteiger partial charge is 0.275 e. The summed E-state index contributed by atoms with van der Waals surface area (Å²) in [4.78, 5) is 21.0. The maximum atomic E-state index is 13.3. The maximum absolute atomic E-state index is 13.3. The first kappa shape index (κ1) is 21.2. The molecule has 2 heterocycles. The van der Waals surface area contributed by atoms with Crippen LogP contribution in [0.2, 0.25) is 0 Å². The van der Waals surface area contributed by atoms with Crippen LogP contribution in [-0.2, 0) is 19.5 Å². The molecule has 0 bridgehead atoms. The number of fused-ring (bicyclic) bond motifs is 1. The first-order valence-corrected chi connectivity index (χ1v) is 9.93. The molecule has 152 valence electrons. The fourth-order valence-electron chi connectivity index (χ4n) is 2.78. The summed E-state index contributed by atoms with van der Waals surface area (Å²) in [6.45, 7) is 1.54. The second-order valence-electron chi connectivity index (χ2n) is 6.19. The highest BCUT2D eigenvalue weighted by Crippen LogP contribution is 2.14. The Kier molecular flexibility index (Phi) is 7.20. The summed E-state index contributed by atoms with van der Waals surface area (Å²) in [7, 11) is 0. The zero-order valence-corrected chi connectivity index (χ0v) is 17.3. The van der Waals surface area contributed by atoms with Crippen LogP contribution in [0.5, 0.6) is 0 Å². The van der Waals surface area contributed by atoms with E-state index in [9.17, 15) is 18.0 Å². The van der Waals surface area contributed by atoms with Crippen molar-refractivity contribution in [3.63, 3.8) is 0 Å². The minimum Gasteiger partial charge on any atom is -0.384 e. The van der Waals surface area contributed by atoms with Gasteiger partial charge < -0.3 is 16.0 Å². The van der Waals surface area contributed by atoms with E-state index in [1.807, 2.05) is 28.7 Å². The summed E-state index contributed by atoms with van der Waals surface area (Å²) >= 11 is 1.89. The van der Waals surface area contributed by atoms with Crippen LogP contribution in [0.4, 0.5) is 13.2 Å². The second kappa shape index (κ2) is 9.83. The highest BCUT2D eigenvalue weighted by Gasteiger charge is 2.15. The Morgan fingerprint density at radius 1 is 1.28 bits per heavy atom. The van der Waals surface area contributed by atoms with Gasteiger partial charge in [0.25, 0.3) is 5.91 Å². The van der Waals surface area contributed by atoms with Crippen molar-refractivity contribution in [2.45, 2.75) is 19.5 Å². The zero-order chi connectivity index (χ0) is 20.8. The number of aliphatic imine (C=N–C) groups is 1. The molecule has 0 fully saturated rings. The molecular weight excluding hydrogens is 498 g/mol. The lowest BCUT2D eigenvalue weighted by atomic mass is 10.1. The number of halogens is 4. The molecule has 6 nitrogen and oxygen atoms in total. The third-order valence-corrected chi connectivity index (χ3v) is 4.45. The van der Waals surface area contributed by atoms with Gasteiger partial charge >= 0.3 is 0 Å². The molecule has 0 saturated heterocycles. The SMILES string of the molecule is O=C(N/C(=C/NCc1cc(F)c(F)c(F)c1)N=CI)c1ccc2c(n1)CCNC2. The van der Waals surface area contributed by atoms with E-state index in [-0.39, 0.29) is 23.6 Å². The molecule has 0 atom stereocenters. The van der Waals surface area contributed by atoms with Crippen LogP contribution in [-0.4, -0.2) is 21.7 Å². The third kappa shape index (κ3) is 5.54. The molecule has 3 N–H and O–H groups in total. The number of amides is 1. The van der Waals surface area contributed by atoms with Crippen molar-refractivity contribution in [1.29, 1.82) is 0 Å². The van der Waals surface area contributed by atoms with E-state index >= 15 is 0 Å². The number of benzene rings is 1. The normalized spacial score (nSPS) is 14.0. The van der Waals surface area contributed by atoms with Gasteiger partial charge in [-0.25, -0.2) is 23.1 Å². The highest BCUT2D eigenvalue weighted by atomic mass is 127. The van der Waals surface area contributed by atoms with Crippen molar-refractivity contribution >= 4 is 32.7 Å². The van der Waals surface area contributed by atoms with Crippen molar-refractivity contribution in [1.82, 2.24) is 20.9 Å². The zero-order valence-electron chi connectivity index (χ0n) is 15.1. The molecule has 0 radical (unpaired) electrons. The number of aromatic nitrogens is 1. The van der Waals surface area contributed by atoms with Gasteiger partial charge in [0, 0.05) is 37.9 Å². The molecule has 2 aromatic rings. The topological polar surface area (TPSA) is 78.4 Å². The number of hydrogen-bond donors (Lipinski definition) is 3. The first-order chi connectivity index (χ1) is 14.0. The van der Waals surface area contributed by atoms with Crippen molar-refractivity contribution in [2.75, 3.05) is 6.54 Å². The molecule has 0 unspecified atom stereocenters. The summed E-state index contributed by atoms with van der Waals surface area (Å²) in [5.41, 5.74) is 2.42. The molecule has 1 aromatic carbocycles. The van der Waals surface area contributed by atoms with E-state index in [4.69, 9.17) is 0 Å². The van der Waals surface area contributed by atoms with E-state index in [1.165, 1.54) is 10.4 Å². The number of rotatable bonds is 6. The predicted octanol–water partition coefficient (Wildman–Crippen LogP) is 2.93. The standard InChI is InChI=1S/C19H17F3IN5O/c20-13-5-11(6-14(21)18(13)22)7-25-9-17(26-10-23)28-19(29)16-2-1-12-8-24-4-3-15(12)27-16/h1-2,5-6,9-10,24-25H,3-4,7-8H2,(H,28,29)/b17-9+,26-10?. The van der Waals surface area contributed by atoms with Crippen LogP contribution in [0.15, 0.2) is 41.3 Å². The number of carbonyl (C=O) groups excluding carboxylic acids is 1. The molecule has 0 spiro atoms. The van der Waals surface area contributed by atoms with Gasteiger partial charge in [0.2, 0.25) is 0 Å². The molecular formula is C19H17F3IN5O. The molecule has 29 heavy (non-hydrogen) atoms. The summed E-state index contributed by atoms with van der Waals surface area (Å²) in [5, 5.41) is 8.66. The second-order valence-corrected chi connectivity index (χ2v) is 6.75.